The Hall–Kier alpha value is -2.04. The van der Waals surface area contributed by atoms with Gasteiger partial charge in [-0.1, -0.05) is 30.3 Å². The molecule has 0 spiro atoms. The third-order valence-corrected chi connectivity index (χ3v) is 4.59. The lowest BCUT2D eigenvalue weighted by Gasteiger charge is -2.32. The highest BCUT2D eigenvalue weighted by Gasteiger charge is 2.26. The first-order valence-corrected chi connectivity index (χ1v) is 8.55. The Morgan fingerprint density at radius 3 is 2.54 bits per heavy atom. The molecule has 0 amide bonds. The minimum absolute atomic E-state index is 0.187. The van der Waals surface area contributed by atoms with Crippen molar-refractivity contribution in [1.82, 2.24) is 10.2 Å². The Balaban J connectivity index is 2.04. The fourth-order valence-electron chi connectivity index (χ4n) is 3.39. The fourth-order valence-corrected chi connectivity index (χ4v) is 3.39. The van der Waals surface area contributed by atoms with E-state index in [4.69, 9.17) is 9.47 Å². The number of hydrogen-bond acceptors (Lipinski definition) is 4. The zero-order valence-corrected chi connectivity index (χ0v) is 14.5. The van der Waals surface area contributed by atoms with Crippen LogP contribution in [0.1, 0.15) is 23.6 Å². The summed E-state index contributed by atoms with van der Waals surface area (Å²) in [6.07, 6.45) is 1.15. The number of ether oxygens (including phenoxy) is 2. The van der Waals surface area contributed by atoms with E-state index >= 15 is 0 Å². The molecule has 2 aromatic carbocycles. The topological polar surface area (TPSA) is 33.7 Å². The molecule has 4 heteroatoms. The van der Waals surface area contributed by atoms with Crippen LogP contribution in [0.15, 0.2) is 48.5 Å². The van der Waals surface area contributed by atoms with Crippen molar-refractivity contribution in [3.05, 3.63) is 59.7 Å². The lowest BCUT2D eigenvalue weighted by Crippen LogP contribution is -2.33. The molecule has 4 nitrogen and oxygen atoms in total. The molecule has 1 unspecified atom stereocenters. The van der Waals surface area contributed by atoms with Crippen LogP contribution in [0, 0.1) is 0 Å². The van der Waals surface area contributed by atoms with E-state index in [1.54, 1.807) is 14.2 Å². The maximum absolute atomic E-state index is 5.69. The summed E-state index contributed by atoms with van der Waals surface area (Å²) in [6.45, 7) is 4.19. The van der Waals surface area contributed by atoms with Crippen LogP contribution in [0.2, 0.25) is 0 Å². The van der Waals surface area contributed by atoms with Gasteiger partial charge in [0.25, 0.3) is 0 Å². The van der Waals surface area contributed by atoms with Crippen molar-refractivity contribution in [3.63, 3.8) is 0 Å². The number of nitrogens with zero attached hydrogens (tertiary/aromatic N) is 1. The first-order chi connectivity index (χ1) is 11.8. The van der Waals surface area contributed by atoms with Crippen molar-refractivity contribution >= 4 is 0 Å². The molecule has 1 aliphatic rings. The van der Waals surface area contributed by atoms with Gasteiger partial charge in [0.05, 0.1) is 20.3 Å². The van der Waals surface area contributed by atoms with Crippen molar-refractivity contribution < 1.29 is 9.47 Å². The summed E-state index contributed by atoms with van der Waals surface area (Å²) in [7, 11) is 3.41. The summed E-state index contributed by atoms with van der Waals surface area (Å²) in [4.78, 5) is 2.54. The van der Waals surface area contributed by atoms with E-state index in [0.29, 0.717) is 0 Å². The van der Waals surface area contributed by atoms with Crippen molar-refractivity contribution in [2.75, 3.05) is 40.4 Å². The van der Waals surface area contributed by atoms with Crippen LogP contribution in [0.25, 0.3) is 0 Å². The van der Waals surface area contributed by atoms with Crippen LogP contribution < -0.4 is 14.8 Å². The predicted molar refractivity (Wildman–Crippen MR) is 96.9 cm³/mol. The van der Waals surface area contributed by atoms with Gasteiger partial charge in [-0.3, -0.25) is 4.90 Å². The largest absolute Gasteiger partial charge is 0.497 e. The highest BCUT2D eigenvalue weighted by atomic mass is 16.5. The van der Waals surface area contributed by atoms with Crippen LogP contribution in [0.5, 0.6) is 11.5 Å². The average molecular weight is 326 g/mol. The second kappa shape index (κ2) is 8.18. The molecule has 1 fully saturated rings. The van der Waals surface area contributed by atoms with E-state index in [1.165, 1.54) is 11.1 Å². The molecule has 0 aliphatic carbocycles. The third kappa shape index (κ3) is 3.71. The molecule has 0 radical (unpaired) electrons. The number of hydrogen-bond donors (Lipinski definition) is 1. The summed E-state index contributed by atoms with van der Waals surface area (Å²) in [5.41, 5.74) is 2.48. The highest BCUT2D eigenvalue weighted by Crippen LogP contribution is 2.37. The second-order valence-electron chi connectivity index (χ2n) is 6.06. The van der Waals surface area contributed by atoms with Crippen LogP contribution in [-0.4, -0.2) is 45.3 Å². The lowest BCUT2D eigenvalue weighted by molar-refractivity contribution is 0.236. The average Bonchev–Trinajstić information content (AvgIpc) is 2.92. The Bertz CT molecular complexity index is 637. The smallest absolute Gasteiger partial charge is 0.127 e. The molecule has 0 bridgehead atoms. The third-order valence-electron chi connectivity index (χ3n) is 4.59. The van der Waals surface area contributed by atoms with Crippen LogP contribution in [0.4, 0.5) is 0 Å². The molecule has 0 aromatic heterocycles. The SMILES string of the molecule is COc1ccc(C(c2ccccc2)N2CCCNCC2)c(OC)c1. The van der Waals surface area contributed by atoms with Gasteiger partial charge in [0.2, 0.25) is 0 Å². The van der Waals surface area contributed by atoms with Crippen LogP contribution in [-0.2, 0) is 0 Å². The molecule has 1 atom stereocenters. The molecule has 1 N–H and O–H groups in total. The van der Waals surface area contributed by atoms with Crippen LogP contribution in [0.3, 0.4) is 0 Å². The minimum atomic E-state index is 0.187. The zero-order valence-electron chi connectivity index (χ0n) is 14.5. The molecule has 128 valence electrons. The zero-order chi connectivity index (χ0) is 16.8. The lowest BCUT2D eigenvalue weighted by atomic mass is 9.95. The predicted octanol–water partition coefficient (Wildman–Crippen LogP) is 3.09. The molecule has 1 aliphatic heterocycles. The fraction of sp³-hybridized carbons (Fsp3) is 0.400. The summed E-state index contributed by atoms with van der Waals surface area (Å²) < 4.78 is 11.0. The van der Waals surface area contributed by atoms with E-state index in [0.717, 1.165) is 44.1 Å². The van der Waals surface area contributed by atoms with Crippen molar-refractivity contribution in [2.24, 2.45) is 0 Å². The van der Waals surface area contributed by atoms with Gasteiger partial charge in [-0.2, -0.15) is 0 Å². The Morgan fingerprint density at radius 1 is 0.958 bits per heavy atom. The molecular formula is C20H26N2O2. The highest BCUT2D eigenvalue weighted by molar-refractivity contribution is 5.46. The molecule has 0 saturated carbocycles. The quantitative estimate of drug-likeness (QED) is 0.915. The first kappa shape index (κ1) is 16.8. The summed E-state index contributed by atoms with van der Waals surface area (Å²) in [6, 6.07) is 17.0. The summed E-state index contributed by atoms with van der Waals surface area (Å²) in [5, 5.41) is 3.49. The van der Waals surface area contributed by atoms with Gasteiger partial charge in [0, 0.05) is 31.3 Å². The van der Waals surface area contributed by atoms with Crippen molar-refractivity contribution in [3.8, 4) is 11.5 Å². The van der Waals surface area contributed by atoms with Gasteiger partial charge in [-0.15, -0.1) is 0 Å². The molecule has 1 saturated heterocycles. The molecule has 3 rings (SSSR count). The number of benzene rings is 2. The Kier molecular flexibility index (Phi) is 5.72. The number of methoxy groups -OCH3 is 2. The van der Waals surface area contributed by atoms with E-state index in [2.05, 4.69) is 46.6 Å². The van der Waals surface area contributed by atoms with Gasteiger partial charge < -0.3 is 14.8 Å². The maximum Gasteiger partial charge on any atom is 0.127 e. The summed E-state index contributed by atoms with van der Waals surface area (Å²) in [5.74, 6) is 1.69. The second-order valence-corrected chi connectivity index (χ2v) is 6.06. The van der Waals surface area contributed by atoms with Crippen molar-refractivity contribution in [1.29, 1.82) is 0 Å². The number of nitrogens with one attached hydrogen (secondary N) is 1. The van der Waals surface area contributed by atoms with E-state index in [9.17, 15) is 0 Å². The van der Waals surface area contributed by atoms with Gasteiger partial charge in [0.15, 0.2) is 0 Å². The molecule has 24 heavy (non-hydrogen) atoms. The Labute approximate surface area is 144 Å². The minimum Gasteiger partial charge on any atom is -0.497 e. The van der Waals surface area contributed by atoms with E-state index in [1.807, 2.05) is 12.1 Å². The van der Waals surface area contributed by atoms with Crippen molar-refractivity contribution in [2.45, 2.75) is 12.5 Å². The standard InChI is InChI=1S/C20H26N2O2/c1-23-17-9-10-18(19(15-17)24-2)20(16-7-4-3-5-8-16)22-13-6-11-21-12-14-22/h3-5,7-10,15,20-21H,6,11-14H2,1-2H3. The molecule has 1 heterocycles. The van der Waals surface area contributed by atoms with Gasteiger partial charge in [0.1, 0.15) is 11.5 Å². The monoisotopic (exact) mass is 326 g/mol. The summed E-state index contributed by atoms with van der Waals surface area (Å²) >= 11 is 0. The van der Waals surface area contributed by atoms with Gasteiger partial charge in [-0.05, 0) is 30.7 Å². The first-order valence-electron chi connectivity index (χ1n) is 8.55. The molecule has 2 aromatic rings. The number of rotatable bonds is 5. The van der Waals surface area contributed by atoms with E-state index in [-0.39, 0.29) is 6.04 Å². The van der Waals surface area contributed by atoms with Gasteiger partial charge >= 0.3 is 0 Å². The van der Waals surface area contributed by atoms with Gasteiger partial charge in [-0.25, -0.2) is 0 Å². The van der Waals surface area contributed by atoms with Crippen LogP contribution >= 0.6 is 0 Å². The molecular weight excluding hydrogens is 300 g/mol. The van der Waals surface area contributed by atoms with E-state index < -0.39 is 0 Å². The normalized spacial score (nSPS) is 17.1. The maximum atomic E-state index is 5.69. The Morgan fingerprint density at radius 2 is 1.79 bits per heavy atom.